The third kappa shape index (κ3) is 3.40. The van der Waals surface area contributed by atoms with Gasteiger partial charge in [-0.15, -0.1) is 0 Å². The van der Waals surface area contributed by atoms with E-state index in [9.17, 15) is 14.7 Å². The van der Waals surface area contributed by atoms with Gasteiger partial charge in [-0.3, -0.25) is 4.79 Å². The number of hydrogen-bond donors (Lipinski definition) is 4. The fourth-order valence-electron chi connectivity index (χ4n) is 1.49. The van der Waals surface area contributed by atoms with Crippen LogP contribution < -0.4 is 5.32 Å². The van der Waals surface area contributed by atoms with E-state index < -0.39 is 17.9 Å². The lowest BCUT2D eigenvalue weighted by atomic mass is 10.1. The van der Waals surface area contributed by atoms with Crippen LogP contribution in [-0.4, -0.2) is 33.9 Å². The van der Waals surface area contributed by atoms with Crippen molar-refractivity contribution in [3.63, 3.8) is 0 Å². The minimum Gasteiger partial charge on any atom is -0.508 e. The van der Waals surface area contributed by atoms with Crippen LogP contribution in [0.3, 0.4) is 0 Å². The van der Waals surface area contributed by atoms with Crippen molar-refractivity contribution in [2.24, 2.45) is 0 Å². The fourth-order valence-corrected chi connectivity index (χ4v) is 1.75. The Labute approximate surface area is 110 Å². The van der Waals surface area contributed by atoms with E-state index in [4.69, 9.17) is 5.11 Å². The molecule has 6 heteroatoms. The number of aromatic hydroxyl groups is 1. The number of carbonyl (C=O) groups is 2. The Balaban J connectivity index is 2.87. The first-order valence-corrected chi connectivity index (χ1v) is 6.03. The number of amides is 1. The standard InChI is InChI=1S/C12H15NO4S/c1-7-8(3-2-4-10(7)14)11(15)13-9(5-6-18)12(16)17/h2-4,9,14,18H,5-6H2,1H3,(H,13,15)(H,16,17). The summed E-state index contributed by atoms with van der Waals surface area (Å²) >= 11 is 3.95. The third-order valence-corrected chi connectivity index (χ3v) is 2.83. The summed E-state index contributed by atoms with van der Waals surface area (Å²) in [5.74, 6) is -1.26. The van der Waals surface area contributed by atoms with Crippen molar-refractivity contribution in [3.05, 3.63) is 29.3 Å². The second kappa shape index (κ2) is 6.30. The maximum atomic E-state index is 11.9. The van der Waals surface area contributed by atoms with Crippen LogP contribution in [0.5, 0.6) is 5.75 Å². The van der Waals surface area contributed by atoms with Gasteiger partial charge in [-0.05, 0) is 31.2 Å². The Bertz CT molecular complexity index is 461. The van der Waals surface area contributed by atoms with Crippen molar-refractivity contribution in [2.45, 2.75) is 19.4 Å². The van der Waals surface area contributed by atoms with Gasteiger partial charge in [0.1, 0.15) is 11.8 Å². The summed E-state index contributed by atoms with van der Waals surface area (Å²) in [5.41, 5.74) is 0.686. The Morgan fingerprint density at radius 1 is 1.44 bits per heavy atom. The molecule has 18 heavy (non-hydrogen) atoms. The zero-order chi connectivity index (χ0) is 13.7. The number of hydrogen-bond acceptors (Lipinski definition) is 4. The maximum absolute atomic E-state index is 11.9. The molecule has 1 amide bonds. The van der Waals surface area contributed by atoms with Crippen LogP contribution >= 0.6 is 12.6 Å². The van der Waals surface area contributed by atoms with Crippen molar-refractivity contribution in [1.29, 1.82) is 0 Å². The van der Waals surface area contributed by atoms with Crippen LogP contribution in [0.4, 0.5) is 0 Å². The molecule has 1 aromatic carbocycles. The number of carboxylic acid groups (broad SMARTS) is 1. The molecule has 3 N–H and O–H groups in total. The second-order valence-electron chi connectivity index (χ2n) is 3.83. The average molecular weight is 269 g/mol. The molecule has 0 saturated carbocycles. The molecule has 98 valence electrons. The van der Waals surface area contributed by atoms with Crippen molar-refractivity contribution < 1.29 is 19.8 Å². The molecule has 1 atom stereocenters. The summed E-state index contributed by atoms with van der Waals surface area (Å²) in [6.07, 6.45) is 0.238. The van der Waals surface area contributed by atoms with Gasteiger partial charge in [-0.25, -0.2) is 4.79 Å². The zero-order valence-electron chi connectivity index (χ0n) is 9.88. The molecule has 1 unspecified atom stereocenters. The van der Waals surface area contributed by atoms with Crippen molar-refractivity contribution in [1.82, 2.24) is 5.32 Å². The number of thiol groups is 1. The first kappa shape index (κ1) is 14.4. The summed E-state index contributed by atoms with van der Waals surface area (Å²) in [6.45, 7) is 1.60. The van der Waals surface area contributed by atoms with Gasteiger partial charge in [0.15, 0.2) is 0 Å². The number of benzene rings is 1. The van der Waals surface area contributed by atoms with E-state index in [1.54, 1.807) is 6.92 Å². The minimum absolute atomic E-state index is 0.00344. The van der Waals surface area contributed by atoms with Crippen LogP contribution in [-0.2, 0) is 4.79 Å². The number of carbonyl (C=O) groups excluding carboxylic acids is 1. The van der Waals surface area contributed by atoms with Gasteiger partial charge in [0.05, 0.1) is 0 Å². The summed E-state index contributed by atoms with van der Waals surface area (Å²) in [6, 6.07) is 3.56. The number of phenols is 1. The van der Waals surface area contributed by atoms with Gasteiger partial charge in [0.2, 0.25) is 0 Å². The van der Waals surface area contributed by atoms with E-state index in [0.717, 1.165) is 0 Å². The molecular weight excluding hydrogens is 254 g/mol. The van der Waals surface area contributed by atoms with E-state index in [0.29, 0.717) is 11.3 Å². The first-order valence-electron chi connectivity index (χ1n) is 5.40. The van der Waals surface area contributed by atoms with Gasteiger partial charge < -0.3 is 15.5 Å². The molecule has 0 aliphatic rings. The summed E-state index contributed by atoms with van der Waals surface area (Å²) < 4.78 is 0. The highest BCUT2D eigenvalue weighted by Gasteiger charge is 2.21. The quantitative estimate of drug-likeness (QED) is 0.605. The van der Waals surface area contributed by atoms with Crippen molar-refractivity contribution in [2.75, 3.05) is 5.75 Å². The molecule has 0 aliphatic carbocycles. The Morgan fingerprint density at radius 2 is 2.11 bits per heavy atom. The Kier molecular flexibility index (Phi) is 5.03. The van der Waals surface area contributed by atoms with Crippen LogP contribution in [0, 0.1) is 6.92 Å². The predicted octanol–water partition coefficient (Wildman–Crippen LogP) is 1.20. The zero-order valence-corrected chi connectivity index (χ0v) is 10.8. The molecular formula is C12H15NO4S. The molecule has 0 saturated heterocycles. The molecule has 0 spiro atoms. The normalized spacial score (nSPS) is 11.9. The number of aliphatic carboxylic acids is 1. The van der Waals surface area contributed by atoms with Crippen LogP contribution in [0.15, 0.2) is 18.2 Å². The number of carboxylic acids is 1. The highest BCUT2D eigenvalue weighted by Crippen LogP contribution is 2.19. The smallest absolute Gasteiger partial charge is 0.326 e. The predicted molar refractivity (Wildman–Crippen MR) is 70.2 cm³/mol. The van der Waals surface area contributed by atoms with Gasteiger partial charge in [0, 0.05) is 11.1 Å². The second-order valence-corrected chi connectivity index (χ2v) is 4.27. The van der Waals surface area contributed by atoms with Gasteiger partial charge in [-0.1, -0.05) is 6.07 Å². The summed E-state index contributed by atoms with van der Waals surface area (Å²) in [5, 5.41) is 20.8. The molecule has 0 heterocycles. The Hall–Kier alpha value is -1.69. The maximum Gasteiger partial charge on any atom is 0.326 e. The van der Waals surface area contributed by atoms with Gasteiger partial charge >= 0.3 is 5.97 Å². The van der Waals surface area contributed by atoms with E-state index in [2.05, 4.69) is 17.9 Å². The Morgan fingerprint density at radius 3 is 2.67 bits per heavy atom. The van der Waals surface area contributed by atoms with Gasteiger partial charge in [-0.2, -0.15) is 12.6 Å². The summed E-state index contributed by atoms with van der Waals surface area (Å²) in [4.78, 5) is 22.8. The molecule has 0 bridgehead atoms. The van der Waals surface area contributed by atoms with Crippen LogP contribution in [0.2, 0.25) is 0 Å². The van der Waals surface area contributed by atoms with Crippen LogP contribution in [0.25, 0.3) is 0 Å². The third-order valence-electron chi connectivity index (χ3n) is 2.57. The van der Waals surface area contributed by atoms with Crippen molar-refractivity contribution in [3.8, 4) is 5.75 Å². The van der Waals surface area contributed by atoms with Crippen LogP contribution in [0.1, 0.15) is 22.3 Å². The van der Waals surface area contributed by atoms with Gasteiger partial charge in [0.25, 0.3) is 5.91 Å². The minimum atomic E-state index is -1.10. The topological polar surface area (TPSA) is 86.6 Å². The highest BCUT2D eigenvalue weighted by atomic mass is 32.1. The average Bonchev–Trinajstić information content (AvgIpc) is 2.31. The number of rotatable bonds is 5. The molecule has 0 fully saturated rings. The number of nitrogens with one attached hydrogen (secondary N) is 1. The van der Waals surface area contributed by atoms with E-state index in [1.165, 1.54) is 18.2 Å². The lowest BCUT2D eigenvalue weighted by Gasteiger charge is -2.14. The van der Waals surface area contributed by atoms with E-state index in [1.807, 2.05) is 0 Å². The summed E-state index contributed by atoms with van der Waals surface area (Å²) in [7, 11) is 0. The van der Waals surface area contributed by atoms with E-state index in [-0.39, 0.29) is 17.7 Å². The molecule has 5 nitrogen and oxygen atoms in total. The molecule has 0 aromatic heterocycles. The molecule has 0 radical (unpaired) electrons. The molecule has 1 rings (SSSR count). The highest BCUT2D eigenvalue weighted by molar-refractivity contribution is 7.80. The molecule has 1 aromatic rings. The molecule has 0 aliphatic heterocycles. The number of phenolic OH excluding ortho intramolecular Hbond substituents is 1. The monoisotopic (exact) mass is 269 g/mol. The fraction of sp³-hybridized carbons (Fsp3) is 0.333. The lowest BCUT2D eigenvalue weighted by molar-refractivity contribution is -0.139. The van der Waals surface area contributed by atoms with Crippen molar-refractivity contribution >= 4 is 24.5 Å². The van der Waals surface area contributed by atoms with E-state index >= 15 is 0 Å². The first-order chi connectivity index (χ1) is 8.47. The largest absolute Gasteiger partial charge is 0.508 e. The lowest BCUT2D eigenvalue weighted by Crippen LogP contribution is -2.41. The SMILES string of the molecule is Cc1c(O)cccc1C(=O)NC(CCS)C(=O)O.